The van der Waals surface area contributed by atoms with Gasteiger partial charge in [0.1, 0.15) is 18.3 Å². The van der Waals surface area contributed by atoms with E-state index in [-0.39, 0.29) is 29.3 Å². The number of halogens is 2. The van der Waals surface area contributed by atoms with Gasteiger partial charge in [-0.05, 0) is 67.4 Å². The second-order valence-electron chi connectivity index (χ2n) is 11.2. The quantitative estimate of drug-likeness (QED) is 0.127. The van der Waals surface area contributed by atoms with Gasteiger partial charge in [-0.3, -0.25) is 13.9 Å². The standard InChI is InChI=1S/C37H41Cl2N3O7S/c1-5-21-40-37(44)33(22-26-11-8-7-9-12-26)41(24-30-31(38)13-10-14-32(30)39)36(43)25-42(27-15-17-28(18-16-27)49-6-2)50(45,46)29-19-20-34(47-3)35(23-29)48-4/h7-20,23,33H,5-6,21-22,24-25H2,1-4H3,(H,40,44)/t33-/m1/s1. The van der Waals surface area contributed by atoms with Crippen molar-refractivity contribution in [1.82, 2.24) is 10.2 Å². The van der Waals surface area contributed by atoms with Gasteiger partial charge in [0.25, 0.3) is 10.0 Å². The van der Waals surface area contributed by atoms with Crippen LogP contribution in [0.25, 0.3) is 0 Å². The van der Waals surface area contributed by atoms with Crippen molar-refractivity contribution in [1.29, 1.82) is 0 Å². The van der Waals surface area contributed by atoms with Crippen LogP contribution in [-0.4, -0.2) is 65.1 Å². The first-order valence-corrected chi connectivity index (χ1v) is 18.2. The molecule has 0 aliphatic carbocycles. The van der Waals surface area contributed by atoms with Gasteiger partial charge >= 0.3 is 0 Å². The Morgan fingerprint density at radius 1 is 0.840 bits per heavy atom. The molecule has 4 rings (SSSR count). The van der Waals surface area contributed by atoms with Gasteiger partial charge < -0.3 is 24.4 Å². The van der Waals surface area contributed by atoms with Gasteiger partial charge in [-0.2, -0.15) is 0 Å². The van der Waals surface area contributed by atoms with E-state index in [1.54, 1.807) is 42.5 Å². The van der Waals surface area contributed by atoms with Crippen LogP contribution in [0.5, 0.6) is 17.2 Å². The van der Waals surface area contributed by atoms with Crippen molar-refractivity contribution in [2.24, 2.45) is 0 Å². The van der Waals surface area contributed by atoms with E-state index in [0.717, 1.165) is 9.87 Å². The number of rotatable bonds is 17. The van der Waals surface area contributed by atoms with Crippen LogP contribution in [0.1, 0.15) is 31.4 Å². The van der Waals surface area contributed by atoms with Crippen molar-refractivity contribution < 1.29 is 32.2 Å². The molecule has 50 heavy (non-hydrogen) atoms. The molecule has 1 atom stereocenters. The minimum atomic E-state index is -4.42. The molecule has 0 bridgehead atoms. The Hall–Kier alpha value is -4.45. The molecule has 1 N–H and O–H groups in total. The number of carbonyl (C=O) groups excluding carboxylic acids is 2. The Balaban J connectivity index is 1.86. The predicted octanol–water partition coefficient (Wildman–Crippen LogP) is 6.77. The van der Waals surface area contributed by atoms with E-state index in [4.69, 9.17) is 37.4 Å². The van der Waals surface area contributed by atoms with E-state index in [0.29, 0.717) is 46.7 Å². The lowest BCUT2D eigenvalue weighted by Crippen LogP contribution is -2.53. The maximum Gasteiger partial charge on any atom is 0.264 e. The van der Waals surface area contributed by atoms with E-state index >= 15 is 0 Å². The van der Waals surface area contributed by atoms with Crippen molar-refractivity contribution in [3.8, 4) is 17.2 Å². The second kappa shape index (κ2) is 18.0. The summed E-state index contributed by atoms with van der Waals surface area (Å²) in [6.07, 6.45) is 0.818. The molecule has 13 heteroatoms. The highest BCUT2D eigenvalue weighted by Crippen LogP contribution is 2.33. The van der Waals surface area contributed by atoms with Crippen LogP contribution in [0.4, 0.5) is 5.69 Å². The van der Waals surface area contributed by atoms with E-state index in [2.05, 4.69) is 5.32 Å². The lowest BCUT2D eigenvalue weighted by Gasteiger charge is -2.34. The first kappa shape index (κ1) is 38.4. The zero-order valence-corrected chi connectivity index (χ0v) is 30.7. The molecule has 0 saturated carbocycles. The van der Waals surface area contributed by atoms with Crippen LogP contribution >= 0.6 is 23.2 Å². The van der Waals surface area contributed by atoms with Gasteiger partial charge in [0, 0.05) is 41.2 Å². The summed E-state index contributed by atoms with van der Waals surface area (Å²) >= 11 is 13.2. The van der Waals surface area contributed by atoms with Crippen molar-refractivity contribution in [2.75, 3.05) is 38.2 Å². The lowest BCUT2D eigenvalue weighted by molar-refractivity contribution is -0.140. The second-order valence-corrected chi connectivity index (χ2v) is 13.9. The zero-order chi connectivity index (χ0) is 36.3. The zero-order valence-electron chi connectivity index (χ0n) is 28.4. The van der Waals surface area contributed by atoms with E-state index < -0.39 is 34.4 Å². The SMILES string of the molecule is CCCNC(=O)[C@@H](Cc1ccccc1)N(Cc1c(Cl)cccc1Cl)C(=O)CN(c1ccc(OCC)cc1)S(=O)(=O)c1ccc(OC)c(OC)c1. The normalized spacial score (nSPS) is 11.7. The Labute approximate surface area is 303 Å². The number of methoxy groups -OCH3 is 2. The number of hydrogen-bond donors (Lipinski definition) is 1. The van der Waals surface area contributed by atoms with Gasteiger partial charge in [-0.15, -0.1) is 0 Å². The van der Waals surface area contributed by atoms with E-state index in [1.165, 1.54) is 37.3 Å². The molecule has 266 valence electrons. The number of benzene rings is 4. The van der Waals surface area contributed by atoms with Gasteiger partial charge in [0.2, 0.25) is 11.8 Å². The highest BCUT2D eigenvalue weighted by atomic mass is 35.5. The number of sulfonamides is 1. The first-order valence-electron chi connectivity index (χ1n) is 16.1. The number of hydrogen-bond acceptors (Lipinski definition) is 7. The van der Waals surface area contributed by atoms with Gasteiger partial charge in [0.15, 0.2) is 11.5 Å². The van der Waals surface area contributed by atoms with Crippen molar-refractivity contribution in [3.05, 3.63) is 112 Å². The molecule has 0 aromatic heterocycles. The van der Waals surface area contributed by atoms with Crippen molar-refractivity contribution >= 4 is 50.7 Å². The molecule has 0 aliphatic heterocycles. The molecule has 0 radical (unpaired) electrons. The van der Waals surface area contributed by atoms with Gasteiger partial charge in [-0.25, -0.2) is 8.42 Å². The summed E-state index contributed by atoms with van der Waals surface area (Å²) in [4.78, 5) is 29.8. The summed E-state index contributed by atoms with van der Waals surface area (Å²) in [5.41, 5.74) is 1.41. The summed E-state index contributed by atoms with van der Waals surface area (Å²) < 4.78 is 46.2. The fraction of sp³-hybridized carbons (Fsp3) is 0.297. The number of carbonyl (C=O) groups is 2. The number of anilines is 1. The molecular formula is C37H41Cl2N3O7S. The molecule has 0 spiro atoms. The molecule has 10 nitrogen and oxygen atoms in total. The first-order chi connectivity index (χ1) is 24.0. The van der Waals surface area contributed by atoms with Crippen LogP contribution in [0.3, 0.4) is 0 Å². The van der Waals surface area contributed by atoms with Crippen LogP contribution in [-0.2, 0) is 32.6 Å². The molecule has 0 fully saturated rings. The van der Waals surface area contributed by atoms with Crippen molar-refractivity contribution in [2.45, 2.75) is 44.2 Å². The smallest absolute Gasteiger partial charge is 0.264 e. The minimum Gasteiger partial charge on any atom is -0.494 e. The number of ether oxygens (including phenoxy) is 3. The number of nitrogens with zero attached hydrogens (tertiary/aromatic N) is 2. The topological polar surface area (TPSA) is 114 Å². The summed E-state index contributed by atoms with van der Waals surface area (Å²) in [6, 6.07) is 23.7. The van der Waals surface area contributed by atoms with Crippen LogP contribution in [0, 0.1) is 0 Å². The lowest BCUT2D eigenvalue weighted by atomic mass is 10.0. The fourth-order valence-corrected chi connectivity index (χ4v) is 7.23. The molecule has 4 aromatic rings. The van der Waals surface area contributed by atoms with Crippen LogP contribution in [0.2, 0.25) is 10.0 Å². The fourth-order valence-electron chi connectivity index (χ4n) is 5.28. The summed E-state index contributed by atoms with van der Waals surface area (Å²) in [7, 11) is -1.57. The molecule has 4 aromatic carbocycles. The number of nitrogens with one attached hydrogen (secondary N) is 1. The molecule has 2 amide bonds. The Bertz CT molecular complexity index is 1840. The summed E-state index contributed by atoms with van der Waals surface area (Å²) in [5.74, 6) is -0.0116. The minimum absolute atomic E-state index is 0.140. The molecular weight excluding hydrogens is 701 g/mol. The summed E-state index contributed by atoms with van der Waals surface area (Å²) in [5, 5.41) is 3.51. The maximum absolute atomic E-state index is 14.7. The van der Waals surface area contributed by atoms with Crippen molar-refractivity contribution in [3.63, 3.8) is 0 Å². The Morgan fingerprint density at radius 2 is 1.50 bits per heavy atom. The third-order valence-corrected chi connectivity index (χ3v) is 10.3. The molecule has 0 aliphatic rings. The average Bonchev–Trinajstić information content (AvgIpc) is 3.12. The third-order valence-electron chi connectivity index (χ3n) is 7.87. The van der Waals surface area contributed by atoms with E-state index in [1.807, 2.05) is 44.2 Å². The predicted molar refractivity (Wildman–Crippen MR) is 196 cm³/mol. The van der Waals surface area contributed by atoms with Crippen LogP contribution in [0.15, 0.2) is 95.9 Å². The van der Waals surface area contributed by atoms with Gasteiger partial charge in [0.05, 0.1) is 31.4 Å². The van der Waals surface area contributed by atoms with Crippen LogP contribution < -0.4 is 23.8 Å². The number of amides is 2. The van der Waals surface area contributed by atoms with E-state index in [9.17, 15) is 18.0 Å². The molecule has 0 saturated heterocycles. The Kier molecular flexibility index (Phi) is 13.8. The van der Waals surface area contributed by atoms with Gasteiger partial charge in [-0.1, -0.05) is 66.5 Å². The highest BCUT2D eigenvalue weighted by Gasteiger charge is 2.35. The maximum atomic E-state index is 14.7. The monoisotopic (exact) mass is 741 g/mol. The molecule has 0 heterocycles. The highest BCUT2D eigenvalue weighted by molar-refractivity contribution is 7.92. The Morgan fingerprint density at radius 3 is 2.10 bits per heavy atom. The molecule has 0 unspecified atom stereocenters. The summed E-state index contributed by atoms with van der Waals surface area (Å²) in [6.45, 7) is 3.72. The average molecular weight is 743 g/mol. The largest absolute Gasteiger partial charge is 0.494 e. The third kappa shape index (κ3) is 9.41.